The van der Waals surface area contributed by atoms with Crippen molar-refractivity contribution in [1.29, 1.82) is 0 Å². The Morgan fingerprint density at radius 1 is 0.857 bits per heavy atom. The monoisotopic (exact) mass is 474 g/mol. The molecule has 2 aliphatic heterocycles. The number of rotatable bonds is 6. The van der Waals surface area contributed by atoms with Crippen molar-refractivity contribution in [3.63, 3.8) is 0 Å². The maximum atomic E-state index is 13.0. The summed E-state index contributed by atoms with van der Waals surface area (Å²) in [6, 6.07) is 13.7. The summed E-state index contributed by atoms with van der Waals surface area (Å²) in [6.45, 7) is -0.0832. The van der Waals surface area contributed by atoms with E-state index in [4.69, 9.17) is 14.2 Å². The number of amides is 2. The summed E-state index contributed by atoms with van der Waals surface area (Å²) in [4.78, 5) is 40.7. The average Bonchev–Trinajstić information content (AvgIpc) is 3.09. The first-order valence-electron chi connectivity index (χ1n) is 10.8. The largest absolute Gasteiger partial charge is 0.496 e. The lowest BCUT2D eigenvalue weighted by Crippen LogP contribution is -2.30. The Morgan fingerprint density at radius 3 is 1.89 bits per heavy atom. The number of imide groups is 1. The van der Waals surface area contributed by atoms with Gasteiger partial charge in [0, 0.05) is 7.05 Å². The number of benzene rings is 3. The van der Waals surface area contributed by atoms with E-state index in [1.165, 1.54) is 14.2 Å². The van der Waals surface area contributed by atoms with Gasteiger partial charge in [-0.15, -0.1) is 0 Å². The molecule has 9 nitrogen and oxygen atoms in total. The highest BCUT2D eigenvalue weighted by molar-refractivity contribution is 6.21. The van der Waals surface area contributed by atoms with Gasteiger partial charge in [-0.1, -0.05) is 12.1 Å². The van der Waals surface area contributed by atoms with Gasteiger partial charge in [0.05, 0.1) is 60.8 Å². The number of aliphatic carboxylic acids is 1. The summed E-state index contributed by atoms with van der Waals surface area (Å²) in [5.41, 5.74) is 2.89. The first kappa shape index (κ1) is 22.3. The molecule has 3 aromatic carbocycles. The Labute approximate surface area is 201 Å². The summed E-state index contributed by atoms with van der Waals surface area (Å²) in [6.07, 6.45) is -0.312. The molecule has 0 bridgehead atoms. The van der Waals surface area contributed by atoms with Gasteiger partial charge >= 0.3 is 5.97 Å². The minimum atomic E-state index is -1.04. The van der Waals surface area contributed by atoms with Crippen molar-refractivity contribution in [2.45, 2.75) is 13.0 Å². The van der Waals surface area contributed by atoms with E-state index in [0.29, 0.717) is 56.6 Å². The summed E-state index contributed by atoms with van der Waals surface area (Å²) in [7, 11) is 4.78. The van der Waals surface area contributed by atoms with Crippen LogP contribution in [0.2, 0.25) is 0 Å². The van der Waals surface area contributed by atoms with Crippen LogP contribution >= 0.6 is 0 Å². The van der Waals surface area contributed by atoms with Crippen molar-refractivity contribution >= 4 is 29.2 Å². The van der Waals surface area contributed by atoms with Gasteiger partial charge in [-0.05, 0) is 36.4 Å². The van der Waals surface area contributed by atoms with E-state index in [1.54, 1.807) is 42.5 Å². The SMILES string of the molecule is COc1ccc2c(c1CC(=O)O)Oc1c(ccc(OC)c1CN1C(=O)c3ccccc3C1=O)N2C. The van der Waals surface area contributed by atoms with Gasteiger partial charge in [0.1, 0.15) is 11.5 Å². The van der Waals surface area contributed by atoms with Crippen LogP contribution in [0.25, 0.3) is 0 Å². The zero-order valence-corrected chi connectivity index (χ0v) is 19.3. The average molecular weight is 474 g/mol. The fraction of sp³-hybridized carbons (Fsp3) is 0.192. The standard InChI is InChI=1S/C26H22N2O7/c1-27-18-8-10-20(33-2)16(12-22(29)30)23(18)35-24-17(21(34-3)11-9-19(24)27)13-28-25(31)14-6-4-5-7-15(14)26(28)32/h4-11H,12-13H2,1-3H3,(H,29,30). The van der Waals surface area contributed by atoms with E-state index in [0.717, 1.165) is 4.90 Å². The van der Waals surface area contributed by atoms with Crippen LogP contribution in [0, 0.1) is 0 Å². The van der Waals surface area contributed by atoms with Crippen LogP contribution in [0.15, 0.2) is 48.5 Å². The van der Waals surface area contributed by atoms with Crippen LogP contribution in [0.5, 0.6) is 23.0 Å². The number of carbonyl (C=O) groups is 3. The van der Waals surface area contributed by atoms with E-state index in [1.807, 2.05) is 18.0 Å². The van der Waals surface area contributed by atoms with Gasteiger partial charge in [-0.2, -0.15) is 0 Å². The van der Waals surface area contributed by atoms with Gasteiger partial charge in [0.2, 0.25) is 0 Å². The molecule has 9 heteroatoms. The highest BCUT2D eigenvalue weighted by atomic mass is 16.5. The van der Waals surface area contributed by atoms with Gasteiger partial charge in [-0.3, -0.25) is 19.3 Å². The Bertz CT molecular complexity index is 1360. The lowest BCUT2D eigenvalue weighted by atomic mass is 10.0. The Hall–Kier alpha value is -4.53. The number of fused-ring (bicyclic) bond motifs is 3. The Kier molecular flexibility index (Phi) is 5.32. The minimum Gasteiger partial charge on any atom is -0.496 e. The number of hydrogen-bond donors (Lipinski definition) is 1. The third-order valence-electron chi connectivity index (χ3n) is 6.28. The number of hydrogen-bond acceptors (Lipinski definition) is 7. The number of ether oxygens (including phenoxy) is 3. The van der Waals surface area contributed by atoms with Gasteiger partial charge in [-0.25, -0.2) is 0 Å². The number of carboxylic acids is 1. The number of carboxylic acid groups (broad SMARTS) is 1. The van der Waals surface area contributed by atoms with E-state index in [9.17, 15) is 19.5 Å². The highest BCUT2D eigenvalue weighted by Gasteiger charge is 2.38. The molecule has 1 N–H and O–H groups in total. The fourth-order valence-electron chi connectivity index (χ4n) is 4.57. The molecule has 2 aliphatic rings. The summed E-state index contributed by atoms with van der Waals surface area (Å²) in [5.74, 6) is -0.321. The van der Waals surface area contributed by atoms with Gasteiger partial charge in [0.25, 0.3) is 11.8 Å². The smallest absolute Gasteiger partial charge is 0.308 e. The molecule has 2 amide bonds. The molecule has 0 radical (unpaired) electrons. The van der Waals surface area contributed by atoms with E-state index >= 15 is 0 Å². The van der Waals surface area contributed by atoms with Crippen LogP contribution in [-0.4, -0.2) is 49.1 Å². The first-order valence-corrected chi connectivity index (χ1v) is 10.8. The molecule has 0 aromatic heterocycles. The highest BCUT2D eigenvalue weighted by Crippen LogP contribution is 2.53. The number of anilines is 2. The second-order valence-corrected chi connectivity index (χ2v) is 8.16. The van der Waals surface area contributed by atoms with Crippen molar-refractivity contribution in [3.05, 3.63) is 70.8 Å². The second-order valence-electron chi connectivity index (χ2n) is 8.16. The van der Waals surface area contributed by atoms with Crippen molar-refractivity contribution in [2.75, 3.05) is 26.2 Å². The summed E-state index contributed by atoms with van der Waals surface area (Å²) < 4.78 is 17.3. The molecule has 0 unspecified atom stereocenters. The molecule has 0 saturated heterocycles. The third kappa shape index (κ3) is 3.43. The zero-order chi connectivity index (χ0) is 24.9. The predicted molar refractivity (Wildman–Crippen MR) is 126 cm³/mol. The van der Waals surface area contributed by atoms with Crippen molar-refractivity contribution in [2.24, 2.45) is 0 Å². The molecule has 0 atom stereocenters. The Morgan fingerprint density at radius 2 is 1.37 bits per heavy atom. The first-order chi connectivity index (χ1) is 16.8. The van der Waals surface area contributed by atoms with E-state index in [2.05, 4.69) is 0 Å². The normalized spacial score (nSPS) is 13.7. The molecule has 35 heavy (non-hydrogen) atoms. The van der Waals surface area contributed by atoms with Gasteiger partial charge in [0.15, 0.2) is 11.5 Å². The van der Waals surface area contributed by atoms with Crippen LogP contribution < -0.4 is 19.1 Å². The van der Waals surface area contributed by atoms with Crippen molar-refractivity contribution in [3.8, 4) is 23.0 Å². The molecule has 178 valence electrons. The third-order valence-corrected chi connectivity index (χ3v) is 6.28. The number of nitrogens with zero attached hydrogens (tertiary/aromatic N) is 2. The molecule has 5 rings (SSSR count). The molecule has 0 aliphatic carbocycles. The molecule has 2 heterocycles. The molecular weight excluding hydrogens is 452 g/mol. The maximum Gasteiger partial charge on any atom is 0.308 e. The Balaban J connectivity index is 1.62. The summed E-state index contributed by atoms with van der Waals surface area (Å²) in [5, 5.41) is 9.49. The van der Waals surface area contributed by atoms with Crippen molar-refractivity contribution in [1.82, 2.24) is 4.90 Å². The second kappa shape index (κ2) is 8.35. The summed E-state index contributed by atoms with van der Waals surface area (Å²) >= 11 is 0. The molecule has 0 saturated carbocycles. The number of methoxy groups -OCH3 is 2. The van der Waals surface area contributed by atoms with Crippen LogP contribution in [0.4, 0.5) is 11.4 Å². The maximum absolute atomic E-state index is 13.0. The van der Waals surface area contributed by atoms with Gasteiger partial charge < -0.3 is 24.2 Å². The molecule has 3 aromatic rings. The molecular formula is C26H22N2O7. The fourth-order valence-corrected chi connectivity index (χ4v) is 4.57. The minimum absolute atomic E-state index is 0.0832. The zero-order valence-electron chi connectivity index (χ0n) is 19.3. The van der Waals surface area contributed by atoms with E-state index < -0.39 is 17.8 Å². The predicted octanol–water partition coefficient (Wildman–Crippen LogP) is 4.00. The lowest BCUT2D eigenvalue weighted by molar-refractivity contribution is -0.136. The van der Waals surface area contributed by atoms with Crippen LogP contribution in [0.1, 0.15) is 31.8 Å². The van der Waals surface area contributed by atoms with Crippen LogP contribution in [-0.2, 0) is 17.8 Å². The lowest BCUT2D eigenvalue weighted by Gasteiger charge is -2.33. The quantitative estimate of drug-likeness (QED) is 0.535. The van der Waals surface area contributed by atoms with Crippen molar-refractivity contribution < 1.29 is 33.7 Å². The topological polar surface area (TPSA) is 106 Å². The molecule has 0 spiro atoms. The van der Waals surface area contributed by atoms with Crippen LogP contribution in [0.3, 0.4) is 0 Å². The molecule has 0 fully saturated rings. The van der Waals surface area contributed by atoms with E-state index in [-0.39, 0.29) is 13.0 Å². The number of carbonyl (C=O) groups excluding carboxylic acids is 2.